The van der Waals surface area contributed by atoms with Crippen LogP contribution in [-0.2, 0) is 6.42 Å². The Kier molecular flexibility index (Phi) is 6.87. The minimum atomic E-state index is -0.171. The Labute approximate surface area is 177 Å². The molecule has 1 aliphatic heterocycles. The van der Waals surface area contributed by atoms with Crippen LogP contribution in [-0.4, -0.2) is 21.8 Å². The Hall–Kier alpha value is -3.15. The van der Waals surface area contributed by atoms with Gasteiger partial charge in [0.1, 0.15) is 11.5 Å². The van der Waals surface area contributed by atoms with E-state index in [2.05, 4.69) is 29.0 Å². The summed E-state index contributed by atoms with van der Waals surface area (Å²) in [5.74, 6) is 2.14. The molecule has 2 aromatic heterocycles. The van der Waals surface area contributed by atoms with E-state index in [1.165, 1.54) is 6.42 Å². The summed E-state index contributed by atoms with van der Waals surface area (Å²) < 4.78 is 11.7. The van der Waals surface area contributed by atoms with Gasteiger partial charge in [-0.25, -0.2) is 10.1 Å². The second-order valence-corrected chi connectivity index (χ2v) is 7.47. The van der Waals surface area contributed by atoms with Crippen molar-refractivity contribution in [3.8, 4) is 28.5 Å². The highest BCUT2D eigenvalue weighted by molar-refractivity contribution is 5.72. The first-order valence-electron chi connectivity index (χ1n) is 10.4. The average Bonchev–Trinajstić information content (AvgIpc) is 2.73. The van der Waals surface area contributed by atoms with Gasteiger partial charge in [-0.2, -0.15) is 5.10 Å². The Bertz CT molecular complexity index is 1090. The first-order valence-corrected chi connectivity index (χ1v) is 10.4. The normalized spacial score (nSPS) is 12.3. The SMILES string of the molecule is CCC.Cc1cc(Oc2nccc3c2CCCO3)ccc1-c1c(C)n[nH]c(=O)c1C. The number of nitrogens with zero attached hydrogens (tertiary/aromatic N) is 2. The zero-order valence-corrected chi connectivity index (χ0v) is 18.3. The lowest BCUT2D eigenvalue weighted by Gasteiger charge is -2.19. The molecule has 4 rings (SSSR count). The average molecular weight is 408 g/mol. The van der Waals surface area contributed by atoms with Gasteiger partial charge in [0.25, 0.3) is 5.56 Å². The number of pyridine rings is 1. The molecule has 6 heteroatoms. The summed E-state index contributed by atoms with van der Waals surface area (Å²) in [5.41, 5.74) is 5.14. The van der Waals surface area contributed by atoms with Crippen LogP contribution in [0.15, 0.2) is 35.3 Å². The molecule has 3 heterocycles. The third-order valence-corrected chi connectivity index (χ3v) is 4.89. The standard InChI is InChI=1S/C21H21N3O3.C3H8/c1-12-11-15(27-21-17-5-4-10-26-18(17)8-9-22-21)6-7-16(12)19-13(2)20(25)24-23-14(19)3;1-3-2/h6-9,11H,4-5,10H2,1-3H3,(H,24,25);3H2,1-2H3. The van der Waals surface area contributed by atoms with Crippen LogP contribution >= 0.6 is 0 Å². The molecule has 0 saturated carbocycles. The lowest BCUT2D eigenvalue weighted by atomic mass is 9.96. The van der Waals surface area contributed by atoms with E-state index in [1.54, 1.807) is 6.20 Å². The molecule has 6 nitrogen and oxygen atoms in total. The van der Waals surface area contributed by atoms with Crippen LogP contribution in [0.4, 0.5) is 0 Å². The van der Waals surface area contributed by atoms with Crippen LogP contribution in [0, 0.1) is 20.8 Å². The number of fused-ring (bicyclic) bond motifs is 1. The number of aryl methyl sites for hydroxylation is 2. The van der Waals surface area contributed by atoms with Gasteiger partial charge in [0.2, 0.25) is 5.88 Å². The molecule has 3 aromatic rings. The molecular weight excluding hydrogens is 378 g/mol. The molecule has 0 atom stereocenters. The topological polar surface area (TPSA) is 77.1 Å². The first kappa shape index (κ1) is 21.6. The highest BCUT2D eigenvalue weighted by Gasteiger charge is 2.18. The molecule has 0 amide bonds. The number of aromatic nitrogens is 3. The second-order valence-electron chi connectivity index (χ2n) is 7.47. The molecule has 0 spiro atoms. The van der Waals surface area contributed by atoms with Crippen LogP contribution in [0.1, 0.15) is 49.1 Å². The van der Waals surface area contributed by atoms with Crippen molar-refractivity contribution in [3.63, 3.8) is 0 Å². The monoisotopic (exact) mass is 407 g/mol. The molecule has 0 radical (unpaired) electrons. The van der Waals surface area contributed by atoms with Crippen LogP contribution in [0.25, 0.3) is 11.1 Å². The van der Waals surface area contributed by atoms with Crippen molar-refractivity contribution in [1.82, 2.24) is 15.2 Å². The lowest BCUT2D eigenvalue weighted by molar-refractivity contribution is 0.283. The first-order chi connectivity index (χ1) is 14.5. The molecule has 0 fully saturated rings. The van der Waals surface area contributed by atoms with E-state index in [9.17, 15) is 4.79 Å². The molecule has 0 aliphatic carbocycles. The van der Waals surface area contributed by atoms with Crippen molar-refractivity contribution in [2.24, 2.45) is 0 Å². The number of benzene rings is 1. The van der Waals surface area contributed by atoms with Crippen molar-refractivity contribution in [3.05, 3.63) is 63.2 Å². The molecule has 0 unspecified atom stereocenters. The summed E-state index contributed by atoms with van der Waals surface area (Å²) in [7, 11) is 0. The summed E-state index contributed by atoms with van der Waals surface area (Å²) in [6.07, 6.45) is 4.81. The summed E-state index contributed by atoms with van der Waals surface area (Å²) in [6, 6.07) is 7.70. The minimum Gasteiger partial charge on any atom is -0.493 e. The van der Waals surface area contributed by atoms with Gasteiger partial charge in [-0.1, -0.05) is 26.3 Å². The smallest absolute Gasteiger partial charge is 0.267 e. The Morgan fingerprint density at radius 2 is 1.93 bits per heavy atom. The van der Waals surface area contributed by atoms with Gasteiger partial charge in [-0.15, -0.1) is 0 Å². The van der Waals surface area contributed by atoms with Gasteiger partial charge in [0, 0.05) is 17.3 Å². The van der Waals surface area contributed by atoms with E-state index in [-0.39, 0.29) is 5.56 Å². The molecule has 0 bridgehead atoms. The molecule has 1 aromatic carbocycles. The fraction of sp³-hybridized carbons (Fsp3) is 0.375. The highest BCUT2D eigenvalue weighted by atomic mass is 16.5. The van der Waals surface area contributed by atoms with Crippen LogP contribution in [0.5, 0.6) is 17.4 Å². The second kappa shape index (κ2) is 9.57. The summed E-state index contributed by atoms with van der Waals surface area (Å²) in [5, 5.41) is 6.62. The summed E-state index contributed by atoms with van der Waals surface area (Å²) in [6.45, 7) is 10.7. The van der Waals surface area contributed by atoms with E-state index < -0.39 is 0 Å². The van der Waals surface area contributed by atoms with Gasteiger partial charge >= 0.3 is 0 Å². The third-order valence-electron chi connectivity index (χ3n) is 4.89. The van der Waals surface area contributed by atoms with E-state index >= 15 is 0 Å². The minimum absolute atomic E-state index is 0.171. The maximum atomic E-state index is 12.0. The number of nitrogens with one attached hydrogen (secondary N) is 1. The maximum Gasteiger partial charge on any atom is 0.267 e. The predicted octanol–water partition coefficient (Wildman–Crippen LogP) is 5.29. The van der Waals surface area contributed by atoms with E-state index in [0.717, 1.165) is 53.1 Å². The number of hydrogen-bond acceptors (Lipinski definition) is 5. The fourth-order valence-electron chi connectivity index (χ4n) is 3.49. The Morgan fingerprint density at radius 1 is 1.17 bits per heavy atom. The molecule has 1 N–H and O–H groups in total. The molecule has 1 aliphatic rings. The van der Waals surface area contributed by atoms with Gasteiger partial charge in [-0.3, -0.25) is 4.79 Å². The van der Waals surface area contributed by atoms with Crippen molar-refractivity contribution in [2.45, 2.75) is 53.9 Å². The number of hydrogen-bond donors (Lipinski definition) is 1. The third kappa shape index (κ3) is 4.53. The van der Waals surface area contributed by atoms with E-state index in [1.807, 2.05) is 45.0 Å². The van der Waals surface area contributed by atoms with Crippen molar-refractivity contribution >= 4 is 0 Å². The number of aromatic amines is 1. The lowest BCUT2D eigenvalue weighted by Crippen LogP contribution is -2.14. The number of rotatable bonds is 3. The number of H-pyrrole nitrogens is 1. The van der Waals surface area contributed by atoms with E-state index in [0.29, 0.717) is 17.2 Å². The predicted molar refractivity (Wildman–Crippen MR) is 119 cm³/mol. The summed E-state index contributed by atoms with van der Waals surface area (Å²) >= 11 is 0. The summed E-state index contributed by atoms with van der Waals surface area (Å²) in [4.78, 5) is 16.3. The van der Waals surface area contributed by atoms with Gasteiger partial charge in [-0.05, 0) is 62.9 Å². The molecule has 158 valence electrons. The van der Waals surface area contributed by atoms with E-state index in [4.69, 9.17) is 9.47 Å². The van der Waals surface area contributed by atoms with Crippen molar-refractivity contribution in [1.29, 1.82) is 0 Å². The van der Waals surface area contributed by atoms with Crippen molar-refractivity contribution < 1.29 is 9.47 Å². The van der Waals surface area contributed by atoms with Crippen LogP contribution in [0.2, 0.25) is 0 Å². The van der Waals surface area contributed by atoms with Crippen LogP contribution < -0.4 is 15.0 Å². The maximum absolute atomic E-state index is 12.0. The molecule has 0 saturated heterocycles. The van der Waals surface area contributed by atoms with Crippen LogP contribution in [0.3, 0.4) is 0 Å². The fourth-order valence-corrected chi connectivity index (χ4v) is 3.49. The largest absolute Gasteiger partial charge is 0.493 e. The number of ether oxygens (including phenoxy) is 2. The molecule has 30 heavy (non-hydrogen) atoms. The Morgan fingerprint density at radius 3 is 2.67 bits per heavy atom. The zero-order chi connectivity index (χ0) is 21.7. The zero-order valence-electron chi connectivity index (χ0n) is 18.3. The highest BCUT2D eigenvalue weighted by Crippen LogP contribution is 2.35. The molecular formula is C24H29N3O3. The Balaban J connectivity index is 0.000000806. The van der Waals surface area contributed by atoms with Crippen molar-refractivity contribution in [2.75, 3.05) is 6.61 Å². The van der Waals surface area contributed by atoms with Gasteiger partial charge in [0.05, 0.1) is 17.9 Å². The van der Waals surface area contributed by atoms with Gasteiger partial charge < -0.3 is 9.47 Å². The van der Waals surface area contributed by atoms with Gasteiger partial charge in [0.15, 0.2) is 0 Å². The quantitative estimate of drug-likeness (QED) is 0.638.